The third-order valence-corrected chi connectivity index (χ3v) is 5.15. The van der Waals surface area contributed by atoms with Crippen molar-refractivity contribution in [3.8, 4) is 0 Å². The number of nitrogens with one attached hydrogen (secondary N) is 2. The van der Waals surface area contributed by atoms with E-state index < -0.39 is 5.38 Å². The quantitative estimate of drug-likeness (QED) is 0.561. The zero-order chi connectivity index (χ0) is 15.1. The van der Waals surface area contributed by atoms with Gasteiger partial charge in [-0.1, -0.05) is 51.3 Å². The molecule has 3 nitrogen and oxygen atoms in total. The van der Waals surface area contributed by atoms with Gasteiger partial charge in [-0.3, -0.25) is 0 Å². The van der Waals surface area contributed by atoms with Gasteiger partial charge in [-0.2, -0.15) is 0 Å². The summed E-state index contributed by atoms with van der Waals surface area (Å²) in [6, 6.07) is 8.94. The number of imidazole rings is 1. The monoisotopic (exact) mass is 404 g/mol. The van der Waals surface area contributed by atoms with Crippen LogP contribution in [0.4, 0.5) is 0 Å². The molecule has 0 radical (unpaired) electrons. The Kier molecular flexibility index (Phi) is 4.06. The molecule has 3 rings (SSSR count). The van der Waals surface area contributed by atoms with Crippen LogP contribution in [0.2, 0.25) is 10.0 Å². The second kappa shape index (κ2) is 5.69. The van der Waals surface area contributed by atoms with E-state index in [0.717, 1.165) is 10.0 Å². The largest absolute Gasteiger partial charge is 0.323 e. The van der Waals surface area contributed by atoms with Gasteiger partial charge in [0.2, 0.25) is 0 Å². The van der Waals surface area contributed by atoms with Crippen LogP contribution in [0.3, 0.4) is 0 Å². The molecule has 0 bridgehead atoms. The molecule has 0 aliphatic heterocycles. The highest BCUT2D eigenvalue weighted by Crippen LogP contribution is 2.40. The van der Waals surface area contributed by atoms with Crippen LogP contribution < -0.4 is 5.69 Å². The minimum Gasteiger partial charge on any atom is -0.306 e. The van der Waals surface area contributed by atoms with Crippen molar-refractivity contribution in [1.29, 1.82) is 0 Å². The summed E-state index contributed by atoms with van der Waals surface area (Å²) in [6.07, 6.45) is 0. The first-order valence-corrected chi connectivity index (χ1v) is 7.95. The standard InChI is InChI=1S/C14H8BrCl3N2O/c15-8-5-11-10(19-14(21)20-11)4-7(8)12(17)6-2-1-3-9(16)13(6)18/h1-5,12H,(H2,19,20,21). The summed E-state index contributed by atoms with van der Waals surface area (Å²) in [7, 11) is 0. The molecule has 3 aromatic rings. The van der Waals surface area contributed by atoms with Crippen LogP contribution in [0.25, 0.3) is 11.0 Å². The second-order valence-corrected chi connectivity index (χ2v) is 6.58. The molecule has 0 saturated heterocycles. The van der Waals surface area contributed by atoms with E-state index in [0.29, 0.717) is 26.6 Å². The Balaban J connectivity index is 2.16. The van der Waals surface area contributed by atoms with E-state index in [1.165, 1.54) is 0 Å². The number of benzene rings is 2. The number of fused-ring (bicyclic) bond motifs is 1. The minimum atomic E-state index is -0.492. The highest BCUT2D eigenvalue weighted by Gasteiger charge is 2.19. The first kappa shape index (κ1) is 15.0. The van der Waals surface area contributed by atoms with Crippen LogP contribution >= 0.6 is 50.7 Å². The Morgan fingerprint density at radius 1 is 1.05 bits per heavy atom. The Bertz CT molecular complexity index is 888. The van der Waals surface area contributed by atoms with Crippen molar-refractivity contribution in [2.75, 3.05) is 0 Å². The second-order valence-electron chi connectivity index (χ2n) is 4.50. The van der Waals surface area contributed by atoms with E-state index in [-0.39, 0.29) is 5.69 Å². The van der Waals surface area contributed by atoms with E-state index in [1.807, 2.05) is 12.1 Å². The van der Waals surface area contributed by atoms with Gasteiger partial charge in [0.25, 0.3) is 0 Å². The van der Waals surface area contributed by atoms with Crippen molar-refractivity contribution < 1.29 is 0 Å². The summed E-state index contributed by atoms with van der Waals surface area (Å²) in [6.45, 7) is 0. The summed E-state index contributed by atoms with van der Waals surface area (Å²) in [4.78, 5) is 16.8. The molecule has 0 amide bonds. The molecule has 2 N–H and O–H groups in total. The number of H-pyrrole nitrogens is 2. The fraction of sp³-hybridized carbons (Fsp3) is 0.0714. The summed E-state index contributed by atoms with van der Waals surface area (Å²) >= 11 is 22.3. The van der Waals surface area contributed by atoms with Crippen molar-refractivity contribution in [3.05, 3.63) is 66.5 Å². The Hall–Kier alpha value is -0.940. The van der Waals surface area contributed by atoms with Gasteiger partial charge in [-0.15, -0.1) is 11.6 Å². The van der Waals surface area contributed by atoms with Crippen LogP contribution in [-0.4, -0.2) is 9.97 Å². The van der Waals surface area contributed by atoms with Crippen LogP contribution in [0.1, 0.15) is 16.5 Å². The molecule has 7 heteroatoms. The predicted molar refractivity (Wildman–Crippen MR) is 90.8 cm³/mol. The number of hydrogen-bond acceptors (Lipinski definition) is 1. The SMILES string of the molecule is O=c1[nH]c2cc(Br)c(C(Cl)c3cccc(Cl)c3Cl)cc2[nH]1. The fourth-order valence-electron chi connectivity index (χ4n) is 2.15. The first-order valence-electron chi connectivity index (χ1n) is 5.97. The van der Waals surface area contributed by atoms with Crippen molar-refractivity contribution in [3.63, 3.8) is 0 Å². The topological polar surface area (TPSA) is 48.6 Å². The fourth-order valence-corrected chi connectivity index (χ4v) is 3.69. The maximum atomic E-state index is 11.4. The lowest BCUT2D eigenvalue weighted by Crippen LogP contribution is -1.99. The molecule has 2 aromatic carbocycles. The molecule has 1 unspecified atom stereocenters. The maximum absolute atomic E-state index is 11.4. The van der Waals surface area contributed by atoms with E-state index in [9.17, 15) is 4.79 Å². The van der Waals surface area contributed by atoms with E-state index >= 15 is 0 Å². The summed E-state index contributed by atoms with van der Waals surface area (Å²) < 4.78 is 0.779. The highest BCUT2D eigenvalue weighted by atomic mass is 79.9. The van der Waals surface area contributed by atoms with Gasteiger partial charge in [-0.25, -0.2) is 4.79 Å². The predicted octanol–water partition coefficient (Wildman–Crippen LogP) is 5.25. The lowest BCUT2D eigenvalue weighted by Gasteiger charge is -2.14. The first-order chi connectivity index (χ1) is 9.97. The molecule has 0 fully saturated rings. The number of rotatable bonds is 2. The van der Waals surface area contributed by atoms with E-state index in [2.05, 4.69) is 25.9 Å². The summed E-state index contributed by atoms with van der Waals surface area (Å²) in [5.74, 6) is 0. The number of hydrogen-bond donors (Lipinski definition) is 2. The van der Waals surface area contributed by atoms with Crippen molar-refractivity contribution in [1.82, 2.24) is 9.97 Å². The molecular formula is C14H8BrCl3N2O. The van der Waals surface area contributed by atoms with E-state index in [1.54, 1.807) is 18.2 Å². The highest BCUT2D eigenvalue weighted by molar-refractivity contribution is 9.10. The Morgan fingerprint density at radius 3 is 2.43 bits per heavy atom. The van der Waals surface area contributed by atoms with Gasteiger partial charge in [-0.05, 0) is 29.3 Å². The molecule has 1 heterocycles. The number of halogens is 4. The van der Waals surface area contributed by atoms with Crippen molar-refractivity contribution in [2.45, 2.75) is 5.38 Å². The smallest absolute Gasteiger partial charge is 0.306 e. The van der Waals surface area contributed by atoms with Crippen LogP contribution in [-0.2, 0) is 0 Å². The van der Waals surface area contributed by atoms with Gasteiger partial charge in [0.1, 0.15) is 0 Å². The van der Waals surface area contributed by atoms with Gasteiger partial charge < -0.3 is 9.97 Å². The van der Waals surface area contributed by atoms with E-state index in [4.69, 9.17) is 34.8 Å². The molecule has 0 aliphatic rings. The van der Waals surface area contributed by atoms with Crippen LogP contribution in [0.5, 0.6) is 0 Å². The molecule has 1 aromatic heterocycles. The lowest BCUT2D eigenvalue weighted by atomic mass is 10.0. The zero-order valence-electron chi connectivity index (χ0n) is 10.4. The molecule has 21 heavy (non-hydrogen) atoms. The molecule has 0 aliphatic carbocycles. The van der Waals surface area contributed by atoms with Gasteiger partial charge in [0.15, 0.2) is 0 Å². The summed E-state index contributed by atoms with van der Waals surface area (Å²) in [5.41, 5.74) is 2.63. The molecule has 108 valence electrons. The minimum absolute atomic E-state index is 0.263. The molecule has 1 atom stereocenters. The zero-order valence-corrected chi connectivity index (χ0v) is 14.2. The Morgan fingerprint density at radius 2 is 1.71 bits per heavy atom. The van der Waals surface area contributed by atoms with Crippen molar-refractivity contribution >= 4 is 61.8 Å². The molecule has 0 spiro atoms. The van der Waals surface area contributed by atoms with Gasteiger partial charge >= 0.3 is 5.69 Å². The molecular weight excluding hydrogens is 398 g/mol. The average molecular weight is 406 g/mol. The van der Waals surface area contributed by atoms with Crippen LogP contribution in [0.15, 0.2) is 39.6 Å². The van der Waals surface area contributed by atoms with Gasteiger partial charge in [0.05, 0.1) is 26.5 Å². The number of alkyl halides is 1. The normalized spacial score (nSPS) is 12.8. The molecule has 0 saturated carbocycles. The lowest BCUT2D eigenvalue weighted by molar-refractivity contribution is 1.13. The van der Waals surface area contributed by atoms with Crippen LogP contribution in [0, 0.1) is 0 Å². The van der Waals surface area contributed by atoms with Crippen molar-refractivity contribution in [2.24, 2.45) is 0 Å². The third-order valence-electron chi connectivity index (χ3n) is 3.16. The Labute approximate surface area is 143 Å². The maximum Gasteiger partial charge on any atom is 0.323 e. The number of aromatic nitrogens is 2. The third kappa shape index (κ3) is 2.73. The average Bonchev–Trinajstić information content (AvgIpc) is 2.79. The van der Waals surface area contributed by atoms with Gasteiger partial charge in [0, 0.05) is 4.47 Å². The summed E-state index contributed by atoms with van der Waals surface area (Å²) in [5, 5.41) is 0.383. The number of aromatic amines is 2.